The Morgan fingerprint density at radius 2 is 1.87 bits per heavy atom. The van der Waals surface area contributed by atoms with Crippen LogP contribution in [-0.4, -0.2) is 40.8 Å². The predicted molar refractivity (Wildman–Crippen MR) is 118 cm³/mol. The van der Waals surface area contributed by atoms with E-state index in [1.165, 1.54) is 12.1 Å². The highest BCUT2D eigenvalue weighted by atomic mass is 35.5. The minimum absolute atomic E-state index is 0.0273. The van der Waals surface area contributed by atoms with Gasteiger partial charge in [-0.05, 0) is 44.2 Å². The number of halogens is 4. The lowest BCUT2D eigenvalue weighted by Gasteiger charge is -2.42. The van der Waals surface area contributed by atoms with E-state index < -0.39 is 6.61 Å². The summed E-state index contributed by atoms with van der Waals surface area (Å²) in [6.45, 7) is 4.17. The van der Waals surface area contributed by atoms with E-state index in [9.17, 15) is 13.9 Å². The molecule has 1 atom stereocenters. The monoisotopic (exact) mass is 474 g/mol. The van der Waals surface area contributed by atoms with Gasteiger partial charge in [-0.3, -0.25) is 0 Å². The molecule has 3 N–H and O–H groups in total. The minimum atomic E-state index is -3.02. The number of nitrogens with zero attached hydrogens (tertiary/aromatic N) is 3. The third-order valence-electron chi connectivity index (χ3n) is 6.09. The number of anilines is 1. The smallest absolute Gasteiger partial charge is 0.387 e. The Labute approximate surface area is 190 Å². The Morgan fingerprint density at radius 1 is 1.23 bits per heavy atom. The van der Waals surface area contributed by atoms with Crippen molar-refractivity contribution in [3.63, 3.8) is 0 Å². The zero-order valence-corrected chi connectivity index (χ0v) is 19.1. The summed E-state index contributed by atoms with van der Waals surface area (Å²) in [5, 5.41) is 9.85. The number of rotatable bonds is 6. The van der Waals surface area contributed by atoms with Gasteiger partial charge in [0.25, 0.3) is 0 Å². The normalized spacial score (nSPS) is 17.2. The van der Waals surface area contributed by atoms with Crippen LogP contribution in [0.1, 0.15) is 38.1 Å². The molecule has 1 aliphatic rings. The molecule has 170 valence electrons. The lowest BCUT2D eigenvalue weighted by Crippen LogP contribution is -2.47. The Hall–Kier alpha value is -1.74. The summed E-state index contributed by atoms with van der Waals surface area (Å²) in [5.41, 5.74) is 8.03. The average molecular weight is 475 g/mol. The maximum atomic E-state index is 12.5. The van der Waals surface area contributed by atoms with Crippen LogP contribution < -0.4 is 15.4 Å². The SMILES string of the molecule is Cc1nc(N2CCC(C)(C(C)N)CC2)c(CO)nc1-c1ccc(OC(F)F)c(Cl)c1Cl. The molecule has 31 heavy (non-hydrogen) atoms. The molecular formula is C21H26Cl2F2N4O2. The van der Waals surface area contributed by atoms with Gasteiger partial charge in [0.2, 0.25) is 0 Å². The van der Waals surface area contributed by atoms with E-state index in [0.29, 0.717) is 28.5 Å². The number of aliphatic hydroxyl groups is 1. The van der Waals surface area contributed by atoms with Crippen molar-refractivity contribution in [3.8, 4) is 17.0 Å². The second-order valence-electron chi connectivity index (χ2n) is 8.13. The molecule has 0 spiro atoms. The zero-order chi connectivity index (χ0) is 22.9. The fourth-order valence-corrected chi connectivity index (χ4v) is 4.20. The van der Waals surface area contributed by atoms with E-state index in [2.05, 4.69) is 21.5 Å². The number of hydrogen-bond donors (Lipinski definition) is 2. The van der Waals surface area contributed by atoms with E-state index in [1.807, 2.05) is 6.92 Å². The molecule has 0 saturated carbocycles. The molecule has 1 aromatic carbocycles. The summed E-state index contributed by atoms with van der Waals surface area (Å²) in [7, 11) is 0. The number of piperidine rings is 1. The Bertz CT molecular complexity index is 951. The van der Waals surface area contributed by atoms with Crippen LogP contribution in [0, 0.1) is 12.3 Å². The average Bonchev–Trinajstić information content (AvgIpc) is 2.72. The molecule has 1 aliphatic heterocycles. The van der Waals surface area contributed by atoms with E-state index in [-0.39, 0.29) is 33.9 Å². The Morgan fingerprint density at radius 3 is 2.42 bits per heavy atom. The van der Waals surface area contributed by atoms with Gasteiger partial charge in [0, 0.05) is 24.7 Å². The van der Waals surface area contributed by atoms with Crippen molar-refractivity contribution in [2.24, 2.45) is 11.1 Å². The second-order valence-corrected chi connectivity index (χ2v) is 8.89. The molecule has 1 fully saturated rings. The molecule has 1 aromatic heterocycles. The van der Waals surface area contributed by atoms with E-state index in [0.717, 1.165) is 25.9 Å². The van der Waals surface area contributed by atoms with Gasteiger partial charge in [-0.15, -0.1) is 0 Å². The van der Waals surface area contributed by atoms with Gasteiger partial charge in [-0.2, -0.15) is 8.78 Å². The number of aromatic nitrogens is 2. The molecule has 1 saturated heterocycles. The van der Waals surface area contributed by atoms with Crippen molar-refractivity contribution in [1.82, 2.24) is 9.97 Å². The van der Waals surface area contributed by atoms with E-state index in [1.54, 1.807) is 6.92 Å². The molecule has 1 unspecified atom stereocenters. The molecule has 0 amide bonds. The lowest BCUT2D eigenvalue weighted by molar-refractivity contribution is -0.0497. The molecule has 0 bridgehead atoms. The van der Waals surface area contributed by atoms with Crippen LogP contribution in [0.25, 0.3) is 11.3 Å². The topological polar surface area (TPSA) is 84.5 Å². The van der Waals surface area contributed by atoms with Crippen LogP contribution in [0.15, 0.2) is 12.1 Å². The largest absolute Gasteiger partial charge is 0.433 e. The number of benzene rings is 1. The van der Waals surface area contributed by atoms with Gasteiger partial charge in [-0.1, -0.05) is 30.1 Å². The fourth-order valence-electron chi connectivity index (χ4n) is 3.74. The number of aliphatic hydroxyl groups excluding tert-OH is 1. The molecule has 0 radical (unpaired) electrons. The van der Waals surface area contributed by atoms with Gasteiger partial charge in [0.15, 0.2) is 5.82 Å². The first-order valence-corrected chi connectivity index (χ1v) is 10.7. The fraction of sp³-hybridized carbons (Fsp3) is 0.524. The van der Waals surface area contributed by atoms with E-state index >= 15 is 0 Å². The summed E-state index contributed by atoms with van der Waals surface area (Å²) < 4.78 is 29.5. The van der Waals surface area contributed by atoms with Crippen molar-refractivity contribution in [2.45, 2.75) is 52.9 Å². The van der Waals surface area contributed by atoms with Crippen LogP contribution in [0.5, 0.6) is 5.75 Å². The first kappa shape index (κ1) is 23.9. The molecule has 2 heterocycles. The number of aryl methyl sites for hydroxylation is 1. The molecular weight excluding hydrogens is 449 g/mol. The Balaban J connectivity index is 1.95. The predicted octanol–water partition coefficient (Wildman–Crippen LogP) is 4.81. The number of hydrogen-bond acceptors (Lipinski definition) is 6. The number of alkyl halides is 2. The van der Waals surface area contributed by atoms with Gasteiger partial charge in [0.05, 0.1) is 23.0 Å². The van der Waals surface area contributed by atoms with Crippen molar-refractivity contribution in [1.29, 1.82) is 0 Å². The van der Waals surface area contributed by atoms with E-state index in [4.69, 9.17) is 33.9 Å². The third kappa shape index (κ3) is 4.87. The van der Waals surface area contributed by atoms with Crippen molar-refractivity contribution < 1.29 is 18.6 Å². The highest BCUT2D eigenvalue weighted by molar-refractivity contribution is 6.44. The molecule has 6 nitrogen and oxygen atoms in total. The van der Waals surface area contributed by atoms with Crippen molar-refractivity contribution >= 4 is 29.0 Å². The minimum Gasteiger partial charge on any atom is -0.433 e. The van der Waals surface area contributed by atoms with Crippen molar-refractivity contribution in [3.05, 3.63) is 33.6 Å². The Kier molecular flexibility index (Phi) is 7.25. The molecule has 2 aromatic rings. The standard InChI is InChI=1S/C21H26Cl2F2N4O2/c1-11-18(13-4-5-15(31-20(24)25)17(23)16(13)22)28-14(10-30)19(27-11)29-8-6-21(3,7-9-29)12(2)26/h4-5,12,20,30H,6-10,26H2,1-3H3. The summed E-state index contributed by atoms with van der Waals surface area (Å²) in [4.78, 5) is 11.4. The second kappa shape index (κ2) is 9.40. The van der Waals surface area contributed by atoms with Crippen molar-refractivity contribution in [2.75, 3.05) is 18.0 Å². The lowest BCUT2D eigenvalue weighted by atomic mass is 9.75. The summed E-state index contributed by atoms with van der Waals surface area (Å²) >= 11 is 12.4. The summed E-state index contributed by atoms with van der Waals surface area (Å²) in [6, 6.07) is 2.90. The first-order valence-electron chi connectivity index (χ1n) is 9.99. The molecule has 3 rings (SSSR count). The van der Waals surface area contributed by atoms with Crippen LogP contribution in [0.2, 0.25) is 10.0 Å². The van der Waals surface area contributed by atoms with Gasteiger partial charge >= 0.3 is 6.61 Å². The highest BCUT2D eigenvalue weighted by Crippen LogP contribution is 2.41. The molecule has 0 aliphatic carbocycles. The van der Waals surface area contributed by atoms with Gasteiger partial charge < -0.3 is 20.5 Å². The van der Waals surface area contributed by atoms with Gasteiger partial charge in [0.1, 0.15) is 16.5 Å². The number of ether oxygens (including phenoxy) is 1. The quantitative estimate of drug-likeness (QED) is 0.624. The highest BCUT2D eigenvalue weighted by Gasteiger charge is 2.34. The van der Waals surface area contributed by atoms with Crippen LogP contribution in [-0.2, 0) is 6.61 Å². The third-order valence-corrected chi connectivity index (χ3v) is 6.96. The zero-order valence-electron chi connectivity index (χ0n) is 17.6. The molecule has 10 heteroatoms. The van der Waals surface area contributed by atoms with Crippen LogP contribution in [0.3, 0.4) is 0 Å². The van der Waals surface area contributed by atoms with Gasteiger partial charge in [-0.25, -0.2) is 9.97 Å². The first-order chi connectivity index (χ1) is 14.6. The summed E-state index contributed by atoms with van der Waals surface area (Å²) in [6.07, 6.45) is 1.82. The maximum absolute atomic E-state index is 12.5. The maximum Gasteiger partial charge on any atom is 0.387 e. The van der Waals surface area contributed by atoms with Crippen LogP contribution in [0.4, 0.5) is 14.6 Å². The van der Waals surface area contributed by atoms with Crippen LogP contribution >= 0.6 is 23.2 Å². The number of nitrogens with two attached hydrogens (primary N) is 1. The summed E-state index contributed by atoms with van der Waals surface area (Å²) in [5.74, 6) is 0.399.